The van der Waals surface area contributed by atoms with E-state index in [0.29, 0.717) is 19.4 Å². The Hall–Kier alpha value is -2.37. The molecule has 0 aromatic heterocycles. The third kappa shape index (κ3) is 3.75. The van der Waals surface area contributed by atoms with Crippen LogP contribution in [0.4, 0.5) is 5.69 Å². The van der Waals surface area contributed by atoms with Gasteiger partial charge in [0, 0.05) is 25.1 Å². The lowest BCUT2D eigenvalue weighted by atomic mass is 9.98. The summed E-state index contributed by atoms with van der Waals surface area (Å²) in [6, 6.07) is 5.70. The molecule has 1 unspecified atom stereocenters. The van der Waals surface area contributed by atoms with Crippen molar-refractivity contribution in [1.82, 2.24) is 10.2 Å². The second-order valence-electron chi connectivity index (χ2n) is 6.53. The Bertz CT molecular complexity index is 671. The van der Waals surface area contributed by atoms with Crippen molar-refractivity contribution in [3.8, 4) is 0 Å². The van der Waals surface area contributed by atoms with Gasteiger partial charge in [-0.1, -0.05) is 12.1 Å². The normalized spacial score (nSPS) is 18.6. The van der Waals surface area contributed by atoms with Gasteiger partial charge < -0.3 is 15.5 Å². The Labute approximate surface area is 141 Å². The summed E-state index contributed by atoms with van der Waals surface area (Å²) in [5.41, 5.74) is 2.95. The topological polar surface area (TPSA) is 78.5 Å². The van der Waals surface area contributed by atoms with Crippen LogP contribution in [0.25, 0.3) is 0 Å². The number of nitrogens with one attached hydrogen (secondary N) is 2. The number of piperidine rings is 1. The summed E-state index contributed by atoms with van der Waals surface area (Å²) < 4.78 is 0. The fourth-order valence-electron chi connectivity index (χ4n) is 3.25. The summed E-state index contributed by atoms with van der Waals surface area (Å²) in [7, 11) is 0. The van der Waals surface area contributed by atoms with Gasteiger partial charge in [-0.05, 0) is 43.4 Å². The summed E-state index contributed by atoms with van der Waals surface area (Å²) in [4.78, 5) is 37.0. The fraction of sp³-hybridized carbons (Fsp3) is 0.500. The van der Waals surface area contributed by atoms with E-state index < -0.39 is 0 Å². The number of carbonyl (C=O) groups excluding carboxylic acids is 3. The maximum absolute atomic E-state index is 12.2. The Morgan fingerprint density at radius 1 is 1.25 bits per heavy atom. The van der Waals surface area contributed by atoms with Crippen LogP contribution >= 0.6 is 0 Å². The molecule has 1 saturated heterocycles. The summed E-state index contributed by atoms with van der Waals surface area (Å²) in [6.45, 7) is 2.72. The molecule has 1 fully saturated rings. The lowest BCUT2D eigenvalue weighted by Crippen LogP contribution is -2.43. The highest BCUT2D eigenvalue weighted by Crippen LogP contribution is 2.26. The molecule has 1 aromatic carbocycles. The van der Waals surface area contributed by atoms with Gasteiger partial charge in [0.2, 0.25) is 17.7 Å². The molecular formula is C18H23N3O3. The molecule has 0 bridgehead atoms. The number of fused-ring (bicyclic) bond motifs is 1. The molecule has 24 heavy (non-hydrogen) atoms. The van der Waals surface area contributed by atoms with E-state index in [0.717, 1.165) is 36.1 Å². The first-order valence-electron chi connectivity index (χ1n) is 8.53. The standard InChI is InChI=1S/C18H23N3O3/c1-12(19-17(23)11-21-9-3-2-4-18(21)24)13-5-7-15-14(10-13)6-8-16(22)20-15/h5,7,10,12H,2-4,6,8-9,11H2,1H3,(H,19,23)(H,20,22). The molecule has 1 atom stereocenters. The monoisotopic (exact) mass is 329 g/mol. The highest BCUT2D eigenvalue weighted by molar-refractivity contribution is 5.94. The third-order valence-corrected chi connectivity index (χ3v) is 4.66. The van der Waals surface area contributed by atoms with Crippen LogP contribution in [-0.4, -0.2) is 35.7 Å². The zero-order chi connectivity index (χ0) is 17.1. The summed E-state index contributed by atoms with van der Waals surface area (Å²) in [5.74, 6) is -0.0276. The van der Waals surface area contributed by atoms with Crippen LogP contribution in [0.1, 0.15) is 49.8 Å². The van der Waals surface area contributed by atoms with Crippen molar-refractivity contribution >= 4 is 23.4 Å². The minimum Gasteiger partial charge on any atom is -0.348 e. The lowest BCUT2D eigenvalue weighted by Gasteiger charge is -2.27. The van der Waals surface area contributed by atoms with Gasteiger partial charge >= 0.3 is 0 Å². The molecule has 2 aliphatic heterocycles. The van der Waals surface area contributed by atoms with Crippen molar-refractivity contribution in [1.29, 1.82) is 0 Å². The molecule has 3 rings (SSSR count). The van der Waals surface area contributed by atoms with Gasteiger partial charge in [-0.3, -0.25) is 14.4 Å². The molecule has 0 aliphatic carbocycles. The number of hydrogen-bond acceptors (Lipinski definition) is 3. The molecule has 0 saturated carbocycles. The van der Waals surface area contributed by atoms with Crippen LogP contribution in [-0.2, 0) is 20.8 Å². The number of nitrogens with zero attached hydrogens (tertiary/aromatic N) is 1. The van der Waals surface area contributed by atoms with Gasteiger partial charge in [-0.25, -0.2) is 0 Å². The SMILES string of the molecule is CC(NC(=O)CN1CCCCC1=O)c1ccc2c(c1)CCC(=O)N2. The molecule has 2 heterocycles. The predicted octanol–water partition coefficient (Wildman–Crippen LogP) is 1.76. The van der Waals surface area contributed by atoms with Crippen LogP contribution in [0.15, 0.2) is 18.2 Å². The van der Waals surface area contributed by atoms with Crippen LogP contribution < -0.4 is 10.6 Å². The van der Waals surface area contributed by atoms with Crippen molar-refractivity contribution in [2.45, 2.75) is 45.1 Å². The average Bonchev–Trinajstić information content (AvgIpc) is 2.56. The first-order chi connectivity index (χ1) is 11.5. The van der Waals surface area contributed by atoms with Crippen LogP contribution in [0, 0.1) is 0 Å². The smallest absolute Gasteiger partial charge is 0.240 e. The van der Waals surface area contributed by atoms with Crippen LogP contribution in [0.2, 0.25) is 0 Å². The summed E-state index contributed by atoms with van der Waals surface area (Å²) >= 11 is 0. The Balaban J connectivity index is 1.60. The van der Waals surface area contributed by atoms with Gasteiger partial charge in [-0.2, -0.15) is 0 Å². The van der Waals surface area contributed by atoms with E-state index in [1.807, 2.05) is 25.1 Å². The molecule has 128 valence electrons. The molecule has 0 spiro atoms. The lowest BCUT2D eigenvalue weighted by molar-refractivity contribution is -0.138. The van der Waals surface area contributed by atoms with Gasteiger partial charge in [0.15, 0.2) is 0 Å². The van der Waals surface area contributed by atoms with E-state index in [9.17, 15) is 14.4 Å². The second-order valence-corrected chi connectivity index (χ2v) is 6.53. The zero-order valence-corrected chi connectivity index (χ0v) is 13.9. The summed E-state index contributed by atoms with van der Waals surface area (Å²) in [6.07, 6.45) is 3.63. The molecule has 2 aliphatic rings. The van der Waals surface area contributed by atoms with Gasteiger partial charge in [-0.15, -0.1) is 0 Å². The van der Waals surface area contributed by atoms with Crippen LogP contribution in [0.5, 0.6) is 0 Å². The number of benzene rings is 1. The third-order valence-electron chi connectivity index (χ3n) is 4.66. The minimum atomic E-state index is -0.139. The Kier molecular flexibility index (Phi) is 4.83. The van der Waals surface area contributed by atoms with Gasteiger partial charge in [0.05, 0.1) is 12.6 Å². The largest absolute Gasteiger partial charge is 0.348 e. The van der Waals surface area contributed by atoms with Crippen molar-refractivity contribution in [3.05, 3.63) is 29.3 Å². The molecule has 3 amide bonds. The van der Waals surface area contributed by atoms with E-state index in [2.05, 4.69) is 10.6 Å². The quantitative estimate of drug-likeness (QED) is 0.883. The van der Waals surface area contributed by atoms with E-state index >= 15 is 0 Å². The number of rotatable bonds is 4. The molecule has 0 radical (unpaired) electrons. The second kappa shape index (κ2) is 7.03. The van der Waals surface area contributed by atoms with Gasteiger partial charge in [0.25, 0.3) is 0 Å². The molecule has 6 nitrogen and oxygen atoms in total. The van der Waals surface area contributed by atoms with E-state index in [-0.39, 0.29) is 30.3 Å². The highest BCUT2D eigenvalue weighted by atomic mass is 16.2. The highest BCUT2D eigenvalue weighted by Gasteiger charge is 2.22. The number of carbonyl (C=O) groups is 3. The van der Waals surface area contributed by atoms with E-state index in [1.165, 1.54) is 0 Å². The van der Waals surface area contributed by atoms with Crippen molar-refractivity contribution in [3.63, 3.8) is 0 Å². The first-order valence-corrected chi connectivity index (χ1v) is 8.53. The van der Waals surface area contributed by atoms with Crippen molar-refractivity contribution in [2.75, 3.05) is 18.4 Å². The number of likely N-dealkylation sites (tertiary alicyclic amines) is 1. The van der Waals surface area contributed by atoms with Crippen molar-refractivity contribution < 1.29 is 14.4 Å². The molecule has 1 aromatic rings. The van der Waals surface area contributed by atoms with Crippen molar-refractivity contribution in [2.24, 2.45) is 0 Å². The number of amides is 3. The number of anilines is 1. The first kappa shape index (κ1) is 16.5. The molecule has 6 heteroatoms. The number of aryl methyl sites for hydroxylation is 1. The fourth-order valence-corrected chi connectivity index (χ4v) is 3.25. The van der Waals surface area contributed by atoms with E-state index in [4.69, 9.17) is 0 Å². The summed E-state index contributed by atoms with van der Waals surface area (Å²) in [5, 5.41) is 5.81. The zero-order valence-electron chi connectivity index (χ0n) is 13.9. The van der Waals surface area contributed by atoms with Gasteiger partial charge in [0.1, 0.15) is 0 Å². The molecule has 2 N–H and O–H groups in total. The van der Waals surface area contributed by atoms with E-state index in [1.54, 1.807) is 4.90 Å². The Morgan fingerprint density at radius 3 is 2.88 bits per heavy atom. The Morgan fingerprint density at radius 2 is 2.08 bits per heavy atom. The maximum Gasteiger partial charge on any atom is 0.240 e. The minimum absolute atomic E-state index is 0.0443. The average molecular weight is 329 g/mol. The predicted molar refractivity (Wildman–Crippen MR) is 90.4 cm³/mol. The maximum atomic E-state index is 12.2. The number of hydrogen-bond donors (Lipinski definition) is 2. The van der Waals surface area contributed by atoms with Crippen LogP contribution in [0.3, 0.4) is 0 Å². The molecular weight excluding hydrogens is 306 g/mol.